The first kappa shape index (κ1) is 20.4. The van der Waals surface area contributed by atoms with Gasteiger partial charge in [-0.1, -0.05) is 6.58 Å². The normalized spacial score (nSPS) is 11.8. The molecule has 0 fully saturated rings. The number of anilines is 2. The van der Waals surface area contributed by atoms with Gasteiger partial charge in [0, 0.05) is 30.2 Å². The molecule has 30 heavy (non-hydrogen) atoms. The van der Waals surface area contributed by atoms with Crippen molar-refractivity contribution < 1.29 is 4.74 Å². The molecule has 0 unspecified atom stereocenters. The Morgan fingerprint density at radius 2 is 1.83 bits per heavy atom. The summed E-state index contributed by atoms with van der Waals surface area (Å²) in [6.45, 7) is 5.19. The van der Waals surface area contributed by atoms with E-state index >= 15 is 0 Å². The van der Waals surface area contributed by atoms with Gasteiger partial charge in [0.15, 0.2) is 5.82 Å². The topological polar surface area (TPSA) is 150 Å². The largest absolute Gasteiger partial charge is 0.481 e. The number of nitrogens with two attached hydrogens (primary N) is 2. The van der Waals surface area contributed by atoms with Crippen molar-refractivity contribution in [3.63, 3.8) is 0 Å². The highest BCUT2D eigenvalue weighted by atomic mass is 16.5. The van der Waals surface area contributed by atoms with E-state index < -0.39 is 0 Å². The van der Waals surface area contributed by atoms with Crippen LogP contribution in [0.5, 0.6) is 5.88 Å². The molecule has 3 aromatic rings. The number of nitrogens with one attached hydrogen (secondary N) is 1. The summed E-state index contributed by atoms with van der Waals surface area (Å²) in [7, 11) is 1.55. The SMILES string of the molecule is C=C(N)/N=C(C)\N=C(/N)c1cnc(-c2ccncc2)nc1Nc1ccc(OC)nc1. The van der Waals surface area contributed by atoms with Crippen LogP contribution in [0.15, 0.2) is 71.4 Å². The van der Waals surface area contributed by atoms with Crippen LogP contribution in [0.25, 0.3) is 11.4 Å². The average Bonchev–Trinajstić information content (AvgIpc) is 2.74. The van der Waals surface area contributed by atoms with Crippen molar-refractivity contribution >= 4 is 23.2 Å². The van der Waals surface area contributed by atoms with Crippen LogP contribution in [-0.4, -0.2) is 38.7 Å². The van der Waals surface area contributed by atoms with Crippen LogP contribution in [0.1, 0.15) is 12.5 Å². The lowest BCUT2D eigenvalue weighted by atomic mass is 10.2. The van der Waals surface area contributed by atoms with Crippen LogP contribution in [-0.2, 0) is 0 Å². The van der Waals surface area contributed by atoms with Crippen molar-refractivity contribution in [2.75, 3.05) is 12.4 Å². The molecule has 10 heteroatoms. The minimum absolute atomic E-state index is 0.135. The smallest absolute Gasteiger partial charge is 0.213 e. The lowest BCUT2D eigenvalue weighted by Crippen LogP contribution is -2.18. The molecule has 0 bridgehead atoms. The average molecular weight is 403 g/mol. The van der Waals surface area contributed by atoms with E-state index in [4.69, 9.17) is 16.2 Å². The fraction of sp³-hybridized carbons (Fsp3) is 0.100. The summed E-state index contributed by atoms with van der Waals surface area (Å²) < 4.78 is 5.09. The first-order chi connectivity index (χ1) is 14.5. The molecule has 0 aliphatic rings. The number of rotatable bonds is 6. The zero-order valence-electron chi connectivity index (χ0n) is 16.6. The number of amidine groups is 2. The standard InChI is InChI=1S/C20H21N9O/c1-12(21)26-13(2)27-18(22)16-11-25-19(14-6-8-23-9-7-14)29-20(16)28-15-4-5-17(30-3)24-10-15/h4-11H,1,21H2,2-3H3,(H2,22,26,27)(H,25,28,29). The highest BCUT2D eigenvalue weighted by Crippen LogP contribution is 2.23. The van der Waals surface area contributed by atoms with Crippen molar-refractivity contribution in [2.45, 2.75) is 6.92 Å². The van der Waals surface area contributed by atoms with Crippen LogP contribution in [0.3, 0.4) is 0 Å². The van der Waals surface area contributed by atoms with Gasteiger partial charge in [-0.3, -0.25) is 4.98 Å². The van der Waals surface area contributed by atoms with E-state index in [9.17, 15) is 0 Å². The van der Waals surface area contributed by atoms with Gasteiger partial charge in [0.05, 0.1) is 24.6 Å². The summed E-state index contributed by atoms with van der Waals surface area (Å²) in [5, 5.41) is 3.20. The zero-order chi connectivity index (χ0) is 21.5. The molecule has 0 atom stereocenters. The van der Waals surface area contributed by atoms with Gasteiger partial charge in [-0.15, -0.1) is 0 Å². The lowest BCUT2D eigenvalue weighted by Gasteiger charge is -2.12. The van der Waals surface area contributed by atoms with Crippen LogP contribution in [0, 0.1) is 0 Å². The summed E-state index contributed by atoms with van der Waals surface area (Å²) in [6, 6.07) is 7.17. The summed E-state index contributed by atoms with van der Waals surface area (Å²) in [6.07, 6.45) is 6.55. The Balaban J connectivity index is 2.04. The van der Waals surface area contributed by atoms with Crippen LogP contribution in [0.4, 0.5) is 11.5 Å². The van der Waals surface area contributed by atoms with Gasteiger partial charge in [-0.05, 0) is 25.1 Å². The van der Waals surface area contributed by atoms with Gasteiger partial charge in [0.25, 0.3) is 0 Å². The Morgan fingerprint density at radius 3 is 2.47 bits per heavy atom. The highest BCUT2D eigenvalue weighted by molar-refractivity contribution is 6.08. The maximum absolute atomic E-state index is 6.19. The molecule has 0 aromatic carbocycles. The van der Waals surface area contributed by atoms with Gasteiger partial charge in [0.1, 0.15) is 23.3 Å². The van der Waals surface area contributed by atoms with Crippen LogP contribution < -0.4 is 21.5 Å². The molecule has 0 amide bonds. The fourth-order valence-corrected chi connectivity index (χ4v) is 2.48. The molecule has 3 aromatic heterocycles. The van der Waals surface area contributed by atoms with E-state index in [0.717, 1.165) is 5.56 Å². The lowest BCUT2D eigenvalue weighted by molar-refractivity contribution is 0.398. The summed E-state index contributed by atoms with van der Waals surface area (Å²) >= 11 is 0. The summed E-state index contributed by atoms with van der Waals surface area (Å²) in [5.41, 5.74) is 13.7. The van der Waals surface area contributed by atoms with Crippen molar-refractivity contribution in [3.8, 4) is 17.3 Å². The van der Waals surface area contributed by atoms with E-state index in [1.54, 1.807) is 44.9 Å². The number of pyridine rings is 2. The number of aliphatic imine (C=N–C) groups is 2. The quantitative estimate of drug-likeness (QED) is 0.419. The second-order valence-corrected chi connectivity index (χ2v) is 6.05. The molecule has 10 nitrogen and oxygen atoms in total. The second-order valence-electron chi connectivity index (χ2n) is 6.05. The number of aromatic nitrogens is 4. The van der Waals surface area contributed by atoms with Gasteiger partial charge < -0.3 is 21.5 Å². The van der Waals surface area contributed by atoms with Crippen molar-refractivity contribution in [1.82, 2.24) is 19.9 Å². The predicted octanol–water partition coefficient (Wildman–Crippen LogP) is 2.24. The van der Waals surface area contributed by atoms with Crippen molar-refractivity contribution in [3.05, 3.63) is 67.0 Å². The third-order valence-corrected chi connectivity index (χ3v) is 3.80. The third-order valence-electron chi connectivity index (χ3n) is 3.80. The van der Waals surface area contributed by atoms with Gasteiger partial charge >= 0.3 is 0 Å². The molecular weight excluding hydrogens is 382 g/mol. The van der Waals surface area contributed by atoms with E-state index in [0.29, 0.717) is 34.6 Å². The van der Waals surface area contributed by atoms with Crippen LogP contribution in [0.2, 0.25) is 0 Å². The molecule has 3 rings (SSSR count). The van der Waals surface area contributed by atoms with Crippen molar-refractivity contribution in [1.29, 1.82) is 0 Å². The van der Waals surface area contributed by atoms with Gasteiger partial charge in [-0.25, -0.2) is 24.9 Å². The molecule has 0 saturated carbocycles. The predicted molar refractivity (Wildman–Crippen MR) is 116 cm³/mol. The Kier molecular flexibility index (Phi) is 6.28. The van der Waals surface area contributed by atoms with E-state index in [1.807, 2.05) is 18.2 Å². The zero-order valence-corrected chi connectivity index (χ0v) is 16.6. The van der Waals surface area contributed by atoms with Gasteiger partial charge in [-0.2, -0.15) is 0 Å². The fourth-order valence-electron chi connectivity index (χ4n) is 2.48. The number of nitrogens with zero attached hydrogens (tertiary/aromatic N) is 6. The minimum Gasteiger partial charge on any atom is -0.481 e. The molecule has 3 heterocycles. The summed E-state index contributed by atoms with van der Waals surface area (Å²) in [5.74, 6) is 2.10. The molecule has 0 spiro atoms. The molecule has 5 N–H and O–H groups in total. The monoisotopic (exact) mass is 403 g/mol. The minimum atomic E-state index is 0.135. The molecular formula is C20H21N9O. The van der Waals surface area contributed by atoms with Gasteiger partial charge in [0.2, 0.25) is 5.88 Å². The van der Waals surface area contributed by atoms with Crippen LogP contribution >= 0.6 is 0 Å². The maximum Gasteiger partial charge on any atom is 0.213 e. The molecule has 0 radical (unpaired) electrons. The Bertz CT molecular complexity index is 1090. The number of ether oxygens (including phenoxy) is 1. The number of methoxy groups -OCH3 is 1. The molecule has 0 aliphatic carbocycles. The first-order valence-corrected chi connectivity index (χ1v) is 8.85. The number of hydrogen-bond donors (Lipinski definition) is 3. The maximum atomic E-state index is 6.19. The Labute approximate surface area is 173 Å². The molecule has 0 saturated heterocycles. The Hall–Kier alpha value is -4.34. The highest BCUT2D eigenvalue weighted by Gasteiger charge is 2.13. The Morgan fingerprint density at radius 1 is 1.07 bits per heavy atom. The molecule has 152 valence electrons. The molecule has 0 aliphatic heterocycles. The number of hydrogen-bond acceptors (Lipinski definition) is 8. The second kappa shape index (κ2) is 9.24. The van der Waals surface area contributed by atoms with E-state index in [1.165, 1.54) is 0 Å². The van der Waals surface area contributed by atoms with Crippen molar-refractivity contribution in [2.24, 2.45) is 21.5 Å². The summed E-state index contributed by atoms with van der Waals surface area (Å²) in [4.78, 5) is 25.5. The third kappa shape index (κ3) is 5.13. The van der Waals surface area contributed by atoms with E-state index in [-0.39, 0.29) is 11.7 Å². The first-order valence-electron chi connectivity index (χ1n) is 8.85. The van der Waals surface area contributed by atoms with E-state index in [2.05, 4.69) is 41.8 Å².